The summed E-state index contributed by atoms with van der Waals surface area (Å²) in [7, 11) is 0. The predicted molar refractivity (Wildman–Crippen MR) is 99.7 cm³/mol. The molecule has 146 valence electrons. The Morgan fingerprint density at radius 2 is 1.24 bits per heavy atom. The molecule has 0 saturated carbocycles. The lowest BCUT2D eigenvalue weighted by atomic mass is 9.99. The number of carboxylic acid groups (broad SMARTS) is 1. The van der Waals surface area contributed by atoms with E-state index in [9.17, 15) is 24.9 Å². The molecule has 0 bridgehead atoms. The van der Waals surface area contributed by atoms with Gasteiger partial charge in [-0.1, -0.05) is 78.1 Å². The van der Waals surface area contributed by atoms with E-state index in [4.69, 9.17) is 0 Å². The van der Waals surface area contributed by atoms with Crippen LogP contribution >= 0.6 is 0 Å². The van der Waals surface area contributed by atoms with Gasteiger partial charge >= 0.3 is 5.97 Å². The van der Waals surface area contributed by atoms with Gasteiger partial charge in [0.25, 0.3) is 0 Å². The molecule has 0 spiro atoms. The summed E-state index contributed by atoms with van der Waals surface area (Å²) < 4.78 is 0. The Morgan fingerprint density at radius 3 is 1.76 bits per heavy atom. The third kappa shape index (κ3) is 11.0. The first kappa shape index (κ1) is 23.6. The van der Waals surface area contributed by atoms with Crippen molar-refractivity contribution in [3.8, 4) is 0 Å². The van der Waals surface area contributed by atoms with Crippen molar-refractivity contribution in [2.75, 3.05) is 0 Å². The van der Waals surface area contributed by atoms with Gasteiger partial charge in [-0.15, -0.1) is 0 Å². The molecule has 1 unspecified atom stereocenters. The third-order valence-electron chi connectivity index (χ3n) is 4.40. The minimum Gasteiger partial charge on any atom is -0.509 e. The lowest BCUT2D eigenvalue weighted by molar-refractivity contribution is -0.135. The maximum absolute atomic E-state index is 12.1. The largest absolute Gasteiger partial charge is 0.509 e. The number of unbranched alkanes of at least 4 members (excludes halogenated alkanes) is 9. The first-order chi connectivity index (χ1) is 12.0. The van der Waals surface area contributed by atoms with E-state index in [1.54, 1.807) is 0 Å². The fraction of sp³-hybridized carbons (Fsp3) is 0.800. The zero-order valence-electron chi connectivity index (χ0n) is 15.9. The van der Waals surface area contributed by atoms with Crippen molar-refractivity contribution < 1.29 is 24.9 Å². The molecule has 0 aromatic heterocycles. The lowest BCUT2D eigenvalue weighted by Crippen LogP contribution is -2.21. The number of carbonyl (C=O) groups excluding carboxylic acids is 1. The van der Waals surface area contributed by atoms with Crippen molar-refractivity contribution in [1.82, 2.24) is 0 Å². The standard InChI is InChI=1S/C20H36O5/c1-3-5-7-9-11-13-15-17(22)19(23)18(20(24)25)16(21)14-12-10-8-6-4-2/h17,22-23H,3-15H2,1-2H3,(H,24,25). The van der Waals surface area contributed by atoms with Crippen molar-refractivity contribution in [1.29, 1.82) is 0 Å². The second-order valence-electron chi connectivity index (χ2n) is 6.73. The number of Topliss-reactive ketones (excluding diaryl/α,β-unsaturated/α-hetero) is 1. The molecule has 25 heavy (non-hydrogen) atoms. The van der Waals surface area contributed by atoms with Crippen molar-refractivity contribution in [3.63, 3.8) is 0 Å². The van der Waals surface area contributed by atoms with Crippen molar-refractivity contribution in [3.05, 3.63) is 11.3 Å². The summed E-state index contributed by atoms with van der Waals surface area (Å²) in [5.41, 5.74) is -0.644. The Bertz CT molecular complexity index is 414. The van der Waals surface area contributed by atoms with Gasteiger partial charge in [0.2, 0.25) is 0 Å². The highest BCUT2D eigenvalue weighted by Gasteiger charge is 2.26. The number of rotatable bonds is 16. The maximum Gasteiger partial charge on any atom is 0.342 e. The molecule has 0 amide bonds. The van der Waals surface area contributed by atoms with Crippen LogP contribution in [0.15, 0.2) is 11.3 Å². The molecule has 0 heterocycles. The number of aliphatic hydroxyl groups is 2. The zero-order chi connectivity index (χ0) is 19.1. The first-order valence-electron chi connectivity index (χ1n) is 9.83. The molecule has 0 radical (unpaired) electrons. The molecule has 3 N–H and O–H groups in total. The first-order valence-corrected chi connectivity index (χ1v) is 9.83. The van der Waals surface area contributed by atoms with Gasteiger partial charge in [-0.2, -0.15) is 0 Å². The van der Waals surface area contributed by atoms with E-state index in [1.165, 1.54) is 6.42 Å². The molecule has 0 fully saturated rings. The van der Waals surface area contributed by atoms with E-state index in [0.29, 0.717) is 12.8 Å². The van der Waals surface area contributed by atoms with Gasteiger partial charge in [-0.3, -0.25) is 4.79 Å². The number of carboxylic acids is 1. The Balaban J connectivity index is 4.47. The molecule has 0 saturated heterocycles. The molecule has 0 aromatic carbocycles. The summed E-state index contributed by atoms with van der Waals surface area (Å²) in [5.74, 6) is -2.74. The highest BCUT2D eigenvalue weighted by Crippen LogP contribution is 2.17. The van der Waals surface area contributed by atoms with E-state index in [1.807, 2.05) is 0 Å². The Kier molecular flexibility index (Phi) is 14.1. The van der Waals surface area contributed by atoms with Crippen molar-refractivity contribution in [2.24, 2.45) is 0 Å². The molecule has 0 aromatic rings. The average Bonchev–Trinajstić information content (AvgIpc) is 2.57. The van der Waals surface area contributed by atoms with Gasteiger partial charge < -0.3 is 15.3 Å². The normalized spacial score (nSPS) is 13.4. The van der Waals surface area contributed by atoms with E-state index >= 15 is 0 Å². The predicted octanol–water partition coefficient (Wildman–Crippen LogP) is 4.92. The minimum absolute atomic E-state index is 0.0964. The van der Waals surface area contributed by atoms with Gasteiger partial charge in [0.1, 0.15) is 17.4 Å². The topological polar surface area (TPSA) is 94.8 Å². The number of hydrogen-bond acceptors (Lipinski definition) is 4. The zero-order valence-corrected chi connectivity index (χ0v) is 15.9. The maximum atomic E-state index is 12.1. The van der Waals surface area contributed by atoms with Crippen LogP contribution in [0.5, 0.6) is 0 Å². The van der Waals surface area contributed by atoms with E-state index in [-0.39, 0.29) is 12.8 Å². The van der Waals surface area contributed by atoms with Crippen LogP contribution < -0.4 is 0 Å². The van der Waals surface area contributed by atoms with E-state index in [0.717, 1.165) is 51.4 Å². The number of aliphatic carboxylic acids is 1. The summed E-state index contributed by atoms with van der Waals surface area (Å²) in [4.78, 5) is 23.4. The Hall–Kier alpha value is -1.36. The van der Waals surface area contributed by atoms with Crippen LogP contribution in [0.25, 0.3) is 0 Å². The third-order valence-corrected chi connectivity index (χ3v) is 4.40. The van der Waals surface area contributed by atoms with E-state index < -0.39 is 29.2 Å². The molecule has 5 heteroatoms. The fourth-order valence-electron chi connectivity index (χ4n) is 2.81. The molecular formula is C20H36O5. The highest BCUT2D eigenvalue weighted by atomic mass is 16.4. The van der Waals surface area contributed by atoms with E-state index in [2.05, 4.69) is 13.8 Å². The monoisotopic (exact) mass is 356 g/mol. The van der Waals surface area contributed by atoms with Crippen LogP contribution in [-0.2, 0) is 9.59 Å². The smallest absolute Gasteiger partial charge is 0.342 e. The highest BCUT2D eigenvalue weighted by molar-refractivity contribution is 6.17. The quantitative estimate of drug-likeness (QED) is 0.120. The molecular weight excluding hydrogens is 320 g/mol. The Labute approximate surface area is 152 Å². The van der Waals surface area contributed by atoms with Gasteiger partial charge in [0, 0.05) is 6.42 Å². The summed E-state index contributed by atoms with van der Waals surface area (Å²) in [5, 5.41) is 29.3. The van der Waals surface area contributed by atoms with Crippen molar-refractivity contribution >= 4 is 11.8 Å². The van der Waals surface area contributed by atoms with Crippen LogP contribution in [0, 0.1) is 0 Å². The second kappa shape index (κ2) is 14.9. The van der Waals surface area contributed by atoms with Gasteiger partial charge in [0.05, 0.1) is 0 Å². The Morgan fingerprint density at radius 1 is 0.760 bits per heavy atom. The average molecular weight is 357 g/mol. The molecule has 5 nitrogen and oxygen atoms in total. The summed E-state index contributed by atoms with van der Waals surface area (Å²) in [6.45, 7) is 4.24. The molecule has 0 aliphatic carbocycles. The molecule has 0 aliphatic heterocycles. The summed E-state index contributed by atoms with van der Waals surface area (Å²) in [6, 6.07) is 0. The second-order valence-corrected chi connectivity index (χ2v) is 6.73. The van der Waals surface area contributed by atoms with Gasteiger partial charge in [0.15, 0.2) is 5.78 Å². The van der Waals surface area contributed by atoms with Gasteiger partial charge in [-0.05, 0) is 12.8 Å². The van der Waals surface area contributed by atoms with Crippen LogP contribution in [0.3, 0.4) is 0 Å². The SMILES string of the molecule is CCCCCCCCC(O)C(O)=C(C(=O)O)C(=O)CCCCCCC. The lowest BCUT2D eigenvalue weighted by Gasteiger charge is -2.13. The number of aliphatic hydroxyl groups excluding tert-OH is 2. The van der Waals surface area contributed by atoms with Crippen LogP contribution in [-0.4, -0.2) is 33.2 Å². The van der Waals surface area contributed by atoms with Gasteiger partial charge in [-0.25, -0.2) is 4.79 Å². The summed E-state index contributed by atoms with van der Waals surface area (Å²) >= 11 is 0. The number of ketones is 1. The fourth-order valence-corrected chi connectivity index (χ4v) is 2.81. The van der Waals surface area contributed by atoms with Crippen molar-refractivity contribution in [2.45, 2.75) is 103 Å². The minimum atomic E-state index is -1.46. The summed E-state index contributed by atoms with van der Waals surface area (Å²) in [6.07, 6.45) is 9.96. The van der Waals surface area contributed by atoms with Crippen LogP contribution in [0.2, 0.25) is 0 Å². The van der Waals surface area contributed by atoms with Crippen LogP contribution in [0.4, 0.5) is 0 Å². The van der Waals surface area contributed by atoms with Crippen LogP contribution in [0.1, 0.15) is 97.3 Å². The molecule has 0 rings (SSSR count). The molecule has 0 aliphatic rings. The number of hydrogen-bond donors (Lipinski definition) is 3. The number of carbonyl (C=O) groups is 2. The molecule has 1 atom stereocenters.